The van der Waals surface area contributed by atoms with E-state index < -0.39 is 36.1 Å². The van der Waals surface area contributed by atoms with Crippen molar-refractivity contribution >= 4 is 17.6 Å². The van der Waals surface area contributed by atoms with E-state index in [1.54, 1.807) is 39.0 Å². The lowest BCUT2D eigenvalue weighted by Gasteiger charge is -2.21. The fourth-order valence-corrected chi connectivity index (χ4v) is 3.04. The molecule has 2 amide bonds. The summed E-state index contributed by atoms with van der Waals surface area (Å²) >= 11 is 0. The van der Waals surface area contributed by atoms with Crippen molar-refractivity contribution in [1.82, 2.24) is 4.90 Å². The second-order valence-electron chi connectivity index (χ2n) is 6.98. The highest BCUT2D eigenvalue weighted by molar-refractivity contribution is 6.12. The van der Waals surface area contributed by atoms with E-state index >= 15 is 0 Å². The third-order valence-corrected chi connectivity index (χ3v) is 4.46. The zero-order valence-electron chi connectivity index (χ0n) is 16.5. The van der Waals surface area contributed by atoms with E-state index in [1.165, 1.54) is 18.2 Å². The molecule has 0 saturated carbocycles. The Kier molecular flexibility index (Phi) is 5.96. The van der Waals surface area contributed by atoms with Crippen LogP contribution in [-0.2, 0) is 4.79 Å². The van der Waals surface area contributed by atoms with Gasteiger partial charge in [-0.1, -0.05) is 19.1 Å². The molecule has 152 valence electrons. The highest BCUT2D eigenvalue weighted by atomic mass is 19.1. The summed E-state index contributed by atoms with van der Waals surface area (Å²) in [6.07, 6.45) is -0.764. The molecular formula is C22H22FNO5. The van der Waals surface area contributed by atoms with E-state index in [4.69, 9.17) is 9.47 Å². The van der Waals surface area contributed by atoms with Gasteiger partial charge in [-0.2, -0.15) is 0 Å². The van der Waals surface area contributed by atoms with Crippen LogP contribution in [0.1, 0.15) is 47.9 Å². The molecule has 29 heavy (non-hydrogen) atoms. The summed E-state index contributed by atoms with van der Waals surface area (Å²) in [4.78, 5) is 39.3. The number of nitrogens with zero attached hydrogens (tertiary/aromatic N) is 1. The molecule has 1 aliphatic rings. The van der Waals surface area contributed by atoms with Crippen LogP contribution in [0, 0.1) is 5.82 Å². The fourth-order valence-electron chi connectivity index (χ4n) is 3.04. The molecule has 0 radical (unpaired) electrons. The molecule has 6 nitrogen and oxygen atoms in total. The summed E-state index contributed by atoms with van der Waals surface area (Å²) in [6, 6.07) is 10.3. The highest BCUT2D eigenvalue weighted by Crippen LogP contribution is 2.27. The van der Waals surface area contributed by atoms with Gasteiger partial charge in [-0.3, -0.25) is 19.3 Å². The first kappa shape index (κ1) is 20.5. The molecule has 3 rings (SSSR count). The molecule has 0 spiro atoms. The molecule has 1 aliphatic heterocycles. The zero-order chi connectivity index (χ0) is 21.1. The average molecular weight is 399 g/mol. The lowest BCUT2D eigenvalue weighted by Crippen LogP contribution is -2.45. The summed E-state index contributed by atoms with van der Waals surface area (Å²) in [5.41, 5.74) is 0.252. The van der Waals surface area contributed by atoms with Gasteiger partial charge < -0.3 is 9.47 Å². The maximum Gasteiger partial charge on any atom is 0.270 e. The summed E-state index contributed by atoms with van der Waals surface area (Å²) < 4.78 is 25.2. The molecule has 0 saturated heterocycles. The van der Waals surface area contributed by atoms with Gasteiger partial charge in [0.2, 0.25) is 0 Å². The Morgan fingerprint density at radius 1 is 1.21 bits per heavy atom. The number of rotatable bonds is 6. The number of imide groups is 1. The van der Waals surface area contributed by atoms with Crippen molar-refractivity contribution in [2.45, 2.75) is 39.4 Å². The maximum atomic E-state index is 14.2. The van der Waals surface area contributed by atoms with Gasteiger partial charge >= 0.3 is 0 Å². The molecule has 1 atom stereocenters. The molecule has 2 aromatic carbocycles. The third-order valence-electron chi connectivity index (χ3n) is 4.46. The Labute approximate surface area is 168 Å². The lowest BCUT2D eigenvalue weighted by atomic mass is 10.1. The van der Waals surface area contributed by atoms with Crippen LogP contribution in [-0.4, -0.2) is 41.3 Å². The Balaban J connectivity index is 1.87. The van der Waals surface area contributed by atoms with Crippen molar-refractivity contribution in [1.29, 1.82) is 0 Å². The van der Waals surface area contributed by atoms with Gasteiger partial charge in [-0.25, -0.2) is 4.39 Å². The number of benzene rings is 2. The van der Waals surface area contributed by atoms with E-state index in [9.17, 15) is 18.8 Å². The second-order valence-corrected chi connectivity index (χ2v) is 6.98. The normalized spacial score (nSPS) is 16.3. The molecule has 0 aromatic heterocycles. The lowest BCUT2D eigenvalue weighted by molar-refractivity contribution is -0.135. The molecule has 2 aromatic rings. The Morgan fingerprint density at radius 2 is 1.93 bits per heavy atom. The predicted octanol–water partition coefficient (Wildman–Crippen LogP) is 3.64. The standard InChI is InChI=1S/C22H22FNO5/c1-4-18-22(27)24(21(26)15-7-5-6-8-19(15)29-18)12-17(25)14-9-10-20(16(23)11-14)28-13(2)3/h5-11,13,18H,4,12H2,1-3H3/t18-/m1/s1. The van der Waals surface area contributed by atoms with E-state index in [-0.39, 0.29) is 23.0 Å². The number of carbonyl (C=O) groups excluding carboxylic acids is 3. The van der Waals surface area contributed by atoms with Gasteiger partial charge in [-0.05, 0) is 50.6 Å². The number of ether oxygens (including phenoxy) is 2. The number of carbonyl (C=O) groups is 3. The fraction of sp³-hybridized carbons (Fsp3) is 0.318. The van der Waals surface area contributed by atoms with Gasteiger partial charge in [0, 0.05) is 5.56 Å². The molecule has 7 heteroatoms. The first-order valence-corrected chi connectivity index (χ1v) is 9.42. The average Bonchev–Trinajstić information content (AvgIpc) is 2.79. The van der Waals surface area contributed by atoms with Crippen LogP contribution in [0.4, 0.5) is 4.39 Å². The molecule has 0 bridgehead atoms. The van der Waals surface area contributed by atoms with E-state index in [1.807, 2.05) is 0 Å². The molecule has 1 heterocycles. The molecule has 0 unspecified atom stereocenters. The van der Waals surface area contributed by atoms with E-state index in [2.05, 4.69) is 0 Å². The molecule has 0 aliphatic carbocycles. The minimum Gasteiger partial charge on any atom is -0.488 e. The summed E-state index contributed by atoms with van der Waals surface area (Å²) in [7, 11) is 0. The Bertz CT molecular complexity index is 956. The SMILES string of the molecule is CC[C@H]1Oc2ccccc2C(=O)N(CC(=O)c2ccc(OC(C)C)c(F)c2)C1=O. The van der Waals surface area contributed by atoms with Crippen molar-refractivity contribution in [3.63, 3.8) is 0 Å². The van der Waals surface area contributed by atoms with Crippen molar-refractivity contribution in [2.24, 2.45) is 0 Å². The predicted molar refractivity (Wildman–Crippen MR) is 104 cm³/mol. The number of fused-ring (bicyclic) bond motifs is 1. The summed E-state index contributed by atoms with van der Waals surface area (Å²) in [5, 5.41) is 0. The largest absolute Gasteiger partial charge is 0.488 e. The van der Waals surface area contributed by atoms with E-state index in [0.717, 1.165) is 11.0 Å². The first-order chi connectivity index (χ1) is 13.8. The van der Waals surface area contributed by atoms with Crippen molar-refractivity contribution < 1.29 is 28.2 Å². The number of hydrogen-bond donors (Lipinski definition) is 0. The Morgan fingerprint density at radius 3 is 2.59 bits per heavy atom. The van der Waals surface area contributed by atoms with Crippen molar-refractivity contribution in [3.05, 3.63) is 59.4 Å². The number of hydrogen-bond acceptors (Lipinski definition) is 5. The monoisotopic (exact) mass is 399 g/mol. The molecule has 0 fully saturated rings. The third kappa shape index (κ3) is 4.29. The second kappa shape index (κ2) is 8.43. The number of halogens is 1. The minimum atomic E-state index is -0.881. The summed E-state index contributed by atoms with van der Waals surface area (Å²) in [5.74, 6) is -2.12. The Hall–Kier alpha value is -3.22. The van der Waals surface area contributed by atoms with Crippen LogP contribution in [0.3, 0.4) is 0 Å². The molecule has 0 N–H and O–H groups in total. The first-order valence-electron chi connectivity index (χ1n) is 9.42. The van der Waals surface area contributed by atoms with Gasteiger partial charge in [0.25, 0.3) is 11.8 Å². The van der Waals surface area contributed by atoms with Gasteiger partial charge in [0.05, 0.1) is 18.2 Å². The zero-order valence-corrected chi connectivity index (χ0v) is 16.5. The smallest absolute Gasteiger partial charge is 0.270 e. The quantitative estimate of drug-likeness (QED) is 0.548. The van der Waals surface area contributed by atoms with Crippen LogP contribution in [0.5, 0.6) is 11.5 Å². The van der Waals surface area contributed by atoms with Gasteiger partial charge in [0.15, 0.2) is 23.5 Å². The van der Waals surface area contributed by atoms with E-state index in [0.29, 0.717) is 12.2 Å². The maximum absolute atomic E-state index is 14.2. The van der Waals surface area contributed by atoms with Crippen molar-refractivity contribution in [3.8, 4) is 11.5 Å². The van der Waals surface area contributed by atoms with Crippen LogP contribution in [0.2, 0.25) is 0 Å². The van der Waals surface area contributed by atoms with Crippen molar-refractivity contribution in [2.75, 3.05) is 6.54 Å². The summed E-state index contributed by atoms with van der Waals surface area (Å²) in [6.45, 7) is 4.78. The number of Topliss-reactive ketones (excluding diaryl/α,β-unsaturated/α-hetero) is 1. The molecular weight excluding hydrogens is 377 g/mol. The minimum absolute atomic E-state index is 0.0341. The van der Waals surface area contributed by atoms with Crippen LogP contribution >= 0.6 is 0 Å². The topological polar surface area (TPSA) is 72.9 Å². The van der Waals surface area contributed by atoms with Gasteiger partial charge in [-0.15, -0.1) is 0 Å². The number of para-hydroxylation sites is 1. The highest BCUT2D eigenvalue weighted by Gasteiger charge is 2.36. The van der Waals surface area contributed by atoms with Gasteiger partial charge in [0.1, 0.15) is 5.75 Å². The number of amides is 2. The number of ketones is 1. The van der Waals surface area contributed by atoms with Crippen LogP contribution in [0.25, 0.3) is 0 Å². The van der Waals surface area contributed by atoms with Crippen LogP contribution < -0.4 is 9.47 Å². The van der Waals surface area contributed by atoms with Crippen LogP contribution in [0.15, 0.2) is 42.5 Å².